The Labute approximate surface area is 258 Å². The molecule has 1 aliphatic heterocycles. The Kier molecular flexibility index (Phi) is 11.3. The van der Waals surface area contributed by atoms with Gasteiger partial charge in [0.2, 0.25) is 5.91 Å². The Balaban J connectivity index is 1.51. The fourth-order valence-corrected chi connectivity index (χ4v) is 5.02. The molecule has 1 aliphatic rings. The number of benzene rings is 2. The number of nitriles is 1. The molecule has 2 aromatic carbocycles. The second-order valence-corrected chi connectivity index (χ2v) is 10.8. The molecule has 2 atom stereocenters. The Morgan fingerprint density at radius 2 is 1.93 bits per heavy atom. The molecule has 0 saturated heterocycles. The average molecular weight is 607 g/mol. The number of nitrogens with zero attached hydrogens (tertiary/aromatic N) is 3. The van der Waals surface area contributed by atoms with Crippen molar-refractivity contribution in [2.45, 2.75) is 39.3 Å². The first-order chi connectivity index (χ1) is 20.8. The highest BCUT2D eigenvalue weighted by Crippen LogP contribution is 2.42. The molecule has 0 bridgehead atoms. The number of nitrogens with one attached hydrogen (secondary N) is 3. The van der Waals surface area contributed by atoms with Crippen molar-refractivity contribution in [1.82, 2.24) is 9.88 Å². The number of carbonyl (C=O) groups excluding carboxylic acids is 1. The van der Waals surface area contributed by atoms with E-state index < -0.39 is 0 Å². The molecular formula is C32H39ClN6O4. The van der Waals surface area contributed by atoms with Crippen LogP contribution in [-0.4, -0.2) is 56.2 Å². The van der Waals surface area contributed by atoms with Crippen LogP contribution < -0.4 is 30.2 Å². The first kappa shape index (κ1) is 31.7. The highest BCUT2D eigenvalue weighted by molar-refractivity contribution is 6.32. The predicted molar refractivity (Wildman–Crippen MR) is 169 cm³/mol. The third-order valence-corrected chi connectivity index (χ3v) is 7.18. The molecule has 10 nitrogen and oxygen atoms in total. The number of anilines is 3. The van der Waals surface area contributed by atoms with E-state index in [0.717, 1.165) is 35.6 Å². The van der Waals surface area contributed by atoms with Crippen molar-refractivity contribution in [2.24, 2.45) is 5.92 Å². The smallest absolute Gasteiger partial charge is 0.224 e. The number of ether oxygens (including phenoxy) is 3. The van der Waals surface area contributed by atoms with Crippen LogP contribution in [0.2, 0.25) is 5.02 Å². The van der Waals surface area contributed by atoms with E-state index in [1.165, 1.54) is 0 Å². The summed E-state index contributed by atoms with van der Waals surface area (Å²) in [7, 11) is 3.96. The molecule has 1 aromatic heterocycles. The van der Waals surface area contributed by atoms with Crippen molar-refractivity contribution in [3.05, 3.63) is 64.9 Å². The lowest BCUT2D eigenvalue weighted by Gasteiger charge is -2.33. The van der Waals surface area contributed by atoms with E-state index in [0.29, 0.717) is 54.1 Å². The van der Waals surface area contributed by atoms with Gasteiger partial charge in [0.25, 0.3) is 0 Å². The fourth-order valence-electron chi connectivity index (χ4n) is 4.79. The monoisotopic (exact) mass is 606 g/mol. The zero-order valence-electron chi connectivity index (χ0n) is 25.1. The number of fused-ring (bicyclic) bond motifs is 1. The summed E-state index contributed by atoms with van der Waals surface area (Å²) in [6, 6.07) is 15.0. The Bertz CT molecular complexity index is 1430. The van der Waals surface area contributed by atoms with Gasteiger partial charge < -0.3 is 35.1 Å². The number of pyridine rings is 1. The molecule has 3 aromatic rings. The summed E-state index contributed by atoms with van der Waals surface area (Å²) in [6.07, 6.45) is 2.80. The number of hydrogen-bond acceptors (Lipinski definition) is 9. The van der Waals surface area contributed by atoms with Gasteiger partial charge >= 0.3 is 0 Å². The van der Waals surface area contributed by atoms with Crippen molar-refractivity contribution >= 4 is 34.6 Å². The molecular weight excluding hydrogens is 568 g/mol. The maximum atomic E-state index is 12.8. The van der Waals surface area contributed by atoms with Crippen molar-refractivity contribution in [1.29, 1.82) is 5.26 Å². The first-order valence-electron chi connectivity index (χ1n) is 14.5. The molecule has 0 radical (unpaired) electrons. The van der Waals surface area contributed by atoms with Crippen molar-refractivity contribution < 1.29 is 19.0 Å². The minimum absolute atomic E-state index is 0.0873. The minimum Gasteiger partial charge on any atom is -0.492 e. The highest BCUT2D eigenvalue weighted by Gasteiger charge is 2.31. The molecule has 11 heteroatoms. The van der Waals surface area contributed by atoms with Crippen LogP contribution in [0.25, 0.3) is 0 Å². The van der Waals surface area contributed by atoms with E-state index in [9.17, 15) is 10.1 Å². The van der Waals surface area contributed by atoms with E-state index in [1.807, 2.05) is 63.2 Å². The molecule has 4 rings (SSSR count). The lowest BCUT2D eigenvalue weighted by atomic mass is 9.88. The first-order valence-corrected chi connectivity index (χ1v) is 14.8. The topological polar surface area (TPSA) is 121 Å². The molecule has 2 unspecified atom stereocenters. The number of halogens is 1. The largest absolute Gasteiger partial charge is 0.492 e. The maximum absolute atomic E-state index is 12.8. The summed E-state index contributed by atoms with van der Waals surface area (Å²) in [5.41, 5.74) is 3.75. The molecule has 43 heavy (non-hydrogen) atoms. The van der Waals surface area contributed by atoms with Crippen LogP contribution in [0.4, 0.5) is 17.1 Å². The van der Waals surface area contributed by atoms with Crippen molar-refractivity contribution in [3.8, 4) is 23.3 Å². The van der Waals surface area contributed by atoms with Gasteiger partial charge in [-0.25, -0.2) is 0 Å². The van der Waals surface area contributed by atoms with Gasteiger partial charge in [0.1, 0.15) is 23.9 Å². The average Bonchev–Trinajstić information content (AvgIpc) is 2.98. The van der Waals surface area contributed by atoms with Gasteiger partial charge in [-0.15, -0.1) is 0 Å². The summed E-state index contributed by atoms with van der Waals surface area (Å²) < 4.78 is 17.2. The van der Waals surface area contributed by atoms with E-state index in [-0.39, 0.29) is 24.5 Å². The van der Waals surface area contributed by atoms with Crippen LogP contribution in [0.5, 0.6) is 17.2 Å². The molecule has 3 N–H and O–H groups in total. The predicted octanol–water partition coefficient (Wildman–Crippen LogP) is 6.11. The van der Waals surface area contributed by atoms with Gasteiger partial charge in [0, 0.05) is 36.0 Å². The fraction of sp³-hybridized carbons (Fsp3) is 0.406. The van der Waals surface area contributed by atoms with Gasteiger partial charge in [0.15, 0.2) is 0 Å². The van der Waals surface area contributed by atoms with Crippen LogP contribution in [0.15, 0.2) is 48.7 Å². The molecule has 1 amide bonds. The van der Waals surface area contributed by atoms with Crippen molar-refractivity contribution in [2.75, 3.05) is 56.3 Å². The highest BCUT2D eigenvalue weighted by atomic mass is 35.5. The van der Waals surface area contributed by atoms with Gasteiger partial charge in [0.05, 0.1) is 53.8 Å². The summed E-state index contributed by atoms with van der Waals surface area (Å²) in [4.78, 5) is 19.2. The quantitative estimate of drug-likeness (QED) is 0.199. The lowest BCUT2D eigenvalue weighted by Crippen LogP contribution is -2.31. The van der Waals surface area contributed by atoms with Gasteiger partial charge in [-0.05, 0) is 77.3 Å². The number of carbonyl (C=O) groups is 1. The second kappa shape index (κ2) is 15.3. The van der Waals surface area contributed by atoms with Gasteiger partial charge in [-0.1, -0.05) is 11.6 Å². The standard InChI is InChI=1S/C32H39ClN6O4/c1-5-41-24-11-9-23(35-19-24)20-43-29-12-10-22(14-26(29)33)37-32-21(17-34)18-36-27-16-30(42-6-2)28(15-25(27)32)38-31(40)8-7-13-39(3)4/h9-12,14-16,19,21,32,36-37H,5-8,13,18,20H2,1-4H3,(H,38,40). The lowest BCUT2D eigenvalue weighted by molar-refractivity contribution is -0.116. The van der Waals surface area contributed by atoms with E-state index in [2.05, 4.69) is 27.0 Å². The summed E-state index contributed by atoms with van der Waals surface area (Å²) in [6.45, 7) is 6.38. The minimum atomic E-state index is -0.380. The third-order valence-electron chi connectivity index (χ3n) is 6.89. The van der Waals surface area contributed by atoms with Crippen LogP contribution >= 0.6 is 11.6 Å². The number of rotatable bonds is 14. The Morgan fingerprint density at radius 3 is 2.60 bits per heavy atom. The Morgan fingerprint density at radius 1 is 1.12 bits per heavy atom. The molecule has 0 saturated carbocycles. The zero-order chi connectivity index (χ0) is 30.8. The summed E-state index contributed by atoms with van der Waals surface area (Å²) in [5.74, 6) is 1.34. The van der Waals surface area contributed by atoms with E-state index in [1.54, 1.807) is 18.3 Å². The molecule has 0 fully saturated rings. The molecule has 0 spiro atoms. The van der Waals surface area contributed by atoms with Crippen LogP contribution in [-0.2, 0) is 11.4 Å². The second-order valence-electron chi connectivity index (χ2n) is 10.4. The Hall–Kier alpha value is -4.20. The van der Waals surface area contributed by atoms with Crippen molar-refractivity contribution in [3.63, 3.8) is 0 Å². The van der Waals surface area contributed by atoms with Crippen LogP contribution in [0.3, 0.4) is 0 Å². The number of aromatic nitrogens is 1. The summed E-state index contributed by atoms with van der Waals surface area (Å²) in [5, 5.41) is 20.3. The third kappa shape index (κ3) is 8.66. The van der Waals surface area contributed by atoms with Gasteiger partial charge in [-0.3, -0.25) is 9.78 Å². The van der Waals surface area contributed by atoms with Gasteiger partial charge in [-0.2, -0.15) is 5.26 Å². The number of hydrogen-bond donors (Lipinski definition) is 3. The van der Waals surface area contributed by atoms with Crippen LogP contribution in [0, 0.1) is 17.2 Å². The van der Waals surface area contributed by atoms with E-state index >= 15 is 0 Å². The van der Waals surface area contributed by atoms with Crippen LogP contribution in [0.1, 0.15) is 44.0 Å². The molecule has 228 valence electrons. The molecule has 0 aliphatic carbocycles. The number of amides is 1. The maximum Gasteiger partial charge on any atom is 0.224 e. The van der Waals surface area contributed by atoms with E-state index in [4.69, 9.17) is 25.8 Å². The molecule has 2 heterocycles. The zero-order valence-corrected chi connectivity index (χ0v) is 25.8. The summed E-state index contributed by atoms with van der Waals surface area (Å²) >= 11 is 6.60. The SMILES string of the molecule is CCOc1ccc(COc2ccc(NC3c4cc(NC(=O)CCCN(C)C)c(OCC)cc4NCC3C#N)cc2Cl)nc1. The normalized spacial score (nSPS) is 15.6.